The highest BCUT2D eigenvalue weighted by atomic mass is 35.5. The molecule has 2 rings (SSSR count). The highest BCUT2D eigenvalue weighted by Crippen LogP contribution is 2.23. The van der Waals surface area contributed by atoms with E-state index in [1.54, 1.807) is 18.2 Å². The Balaban J connectivity index is 2.18. The van der Waals surface area contributed by atoms with Crippen LogP contribution in [0, 0.1) is 13.8 Å². The lowest BCUT2D eigenvalue weighted by Gasteiger charge is -2.22. The number of carbonyl (C=O) groups excluding carboxylic acids is 2. The molecule has 120 valence electrons. The van der Waals surface area contributed by atoms with E-state index in [0.29, 0.717) is 10.7 Å². The number of benzene rings is 2. The molecule has 0 bridgehead atoms. The third-order valence-corrected chi connectivity index (χ3v) is 4.04. The minimum atomic E-state index is -0.270. The second-order valence-corrected chi connectivity index (χ2v) is 5.76. The maximum absolute atomic E-state index is 12.3. The van der Waals surface area contributed by atoms with Gasteiger partial charge in [-0.2, -0.15) is 0 Å². The SMILES string of the molecule is CC(=O)N(CC(=O)Nc1cccc(Cl)c1C)c1ccccc1C. The lowest BCUT2D eigenvalue weighted by molar-refractivity contribution is -0.120. The van der Waals surface area contributed by atoms with Gasteiger partial charge < -0.3 is 10.2 Å². The molecule has 0 aliphatic rings. The van der Waals surface area contributed by atoms with E-state index in [0.717, 1.165) is 16.8 Å². The normalized spacial score (nSPS) is 10.3. The number of hydrogen-bond acceptors (Lipinski definition) is 2. The van der Waals surface area contributed by atoms with E-state index in [9.17, 15) is 9.59 Å². The average Bonchev–Trinajstić information content (AvgIpc) is 2.50. The Morgan fingerprint density at radius 2 is 1.78 bits per heavy atom. The van der Waals surface area contributed by atoms with Gasteiger partial charge in [0.15, 0.2) is 0 Å². The van der Waals surface area contributed by atoms with Gasteiger partial charge in [-0.05, 0) is 43.2 Å². The van der Waals surface area contributed by atoms with Crippen LogP contribution in [-0.2, 0) is 9.59 Å². The number of rotatable bonds is 4. The molecule has 0 radical (unpaired) electrons. The van der Waals surface area contributed by atoms with Crippen LogP contribution in [-0.4, -0.2) is 18.4 Å². The van der Waals surface area contributed by atoms with Crippen molar-refractivity contribution in [1.82, 2.24) is 0 Å². The number of carbonyl (C=O) groups is 2. The summed E-state index contributed by atoms with van der Waals surface area (Å²) in [6.45, 7) is 5.14. The summed E-state index contributed by atoms with van der Waals surface area (Å²) in [6.07, 6.45) is 0. The molecule has 1 N–H and O–H groups in total. The zero-order valence-electron chi connectivity index (χ0n) is 13.4. The van der Waals surface area contributed by atoms with Crippen LogP contribution in [0.15, 0.2) is 42.5 Å². The van der Waals surface area contributed by atoms with Crippen LogP contribution in [0.25, 0.3) is 0 Å². The Kier molecular flexibility index (Phi) is 5.40. The Morgan fingerprint density at radius 1 is 1.09 bits per heavy atom. The van der Waals surface area contributed by atoms with Crippen molar-refractivity contribution in [1.29, 1.82) is 0 Å². The molecule has 0 fully saturated rings. The first-order valence-electron chi connectivity index (χ1n) is 7.29. The topological polar surface area (TPSA) is 49.4 Å². The number of aryl methyl sites for hydroxylation is 1. The highest BCUT2D eigenvalue weighted by molar-refractivity contribution is 6.31. The maximum Gasteiger partial charge on any atom is 0.244 e. The second-order valence-electron chi connectivity index (χ2n) is 5.35. The summed E-state index contributed by atoms with van der Waals surface area (Å²) >= 11 is 6.05. The monoisotopic (exact) mass is 330 g/mol. The number of anilines is 2. The molecule has 4 nitrogen and oxygen atoms in total. The Hall–Kier alpha value is -2.33. The van der Waals surface area contributed by atoms with Crippen LogP contribution in [0.1, 0.15) is 18.1 Å². The van der Waals surface area contributed by atoms with E-state index < -0.39 is 0 Å². The van der Waals surface area contributed by atoms with Crippen LogP contribution >= 0.6 is 11.6 Å². The van der Waals surface area contributed by atoms with Crippen molar-refractivity contribution in [3.05, 3.63) is 58.6 Å². The van der Waals surface area contributed by atoms with Gasteiger partial charge in [-0.1, -0.05) is 35.9 Å². The van der Waals surface area contributed by atoms with Crippen molar-refractivity contribution in [3.63, 3.8) is 0 Å². The van der Waals surface area contributed by atoms with E-state index in [-0.39, 0.29) is 18.4 Å². The van der Waals surface area contributed by atoms with E-state index in [1.165, 1.54) is 11.8 Å². The Bertz CT molecular complexity index is 744. The fourth-order valence-electron chi connectivity index (χ4n) is 2.31. The summed E-state index contributed by atoms with van der Waals surface area (Å²) < 4.78 is 0. The van der Waals surface area contributed by atoms with Gasteiger partial charge in [0.25, 0.3) is 0 Å². The van der Waals surface area contributed by atoms with Gasteiger partial charge in [0.05, 0.1) is 0 Å². The molecule has 0 aliphatic carbocycles. The minimum Gasteiger partial charge on any atom is -0.324 e. The summed E-state index contributed by atoms with van der Waals surface area (Å²) in [4.78, 5) is 25.7. The van der Waals surface area contributed by atoms with Crippen LogP contribution in [0.2, 0.25) is 5.02 Å². The number of nitrogens with one attached hydrogen (secondary N) is 1. The number of hydrogen-bond donors (Lipinski definition) is 1. The van der Waals surface area contributed by atoms with Gasteiger partial charge in [0.1, 0.15) is 6.54 Å². The first kappa shape index (κ1) is 17.0. The third kappa shape index (κ3) is 4.11. The zero-order valence-corrected chi connectivity index (χ0v) is 14.1. The first-order chi connectivity index (χ1) is 10.9. The summed E-state index contributed by atoms with van der Waals surface area (Å²) in [5.41, 5.74) is 3.12. The quantitative estimate of drug-likeness (QED) is 0.922. The Morgan fingerprint density at radius 3 is 2.43 bits per heavy atom. The van der Waals surface area contributed by atoms with Gasteiger partial charge >= 0.3 is 0 Å². The van der Waals surface area contributed by atoms with Gasteiger partial charge in [-0.25, -0.2) is 0 Å². The molecule has 0 unspecified atom stereocenters. The van der Waals surface area contributed by atoms with Crippen molar-refractivity contribution in [3.8, 4) is 0 Å². The van der Waals surface area contributed by atoms with E-state index in [2.05, 4.69) is 5.32 Å². The smallest absolute Gasteiger partial charge is 0.244 e. The van der Waals surface area contributed by atoms with Crippen LogP contribution < -0.4 is 10.2 Å². The molecule has 2 aromatic carbocycles. The molecule has 5 heteroatoms. The Labute approximate surface area is 141 Å². The standard InChI is InChI=1S/C18H19ClN2O2/c1-12-7-4-5-10-17(12)21(14(3)22)11-18(23)20-16-9-6-8-15(19)13(16)2/h4-10H,11H2,1-3H3,(H,20,23). The molecule has 0 heterocycles. The van der Waals surface area contributed by atoms with Crippen LogP contribution in [0.5, 0.6) is 0 Å². The molecule has 0 saturated carbocycles. The number of amides is 2. The van der Waals surface area contributed by atoms with E-state index in [1.807, 2.05) is 38.1 Å². The van der Waals surface area contributed by atoms with Crippen molar-refractivity contribution < 1.29 is 9.59 Å². The van der Waals surface area contributed by atoms with Gasteiger partial charge in [0.2, 0.25) is 11.8 Å². The summed E-state index contributed by atoms with van der Waals surface area (Å²) in [5, 5.41) is 3.40. The minimum absolute atomic E-state index is 0.0495. The second kappa shape index (κ2) is 7.29. The van der Waals surface area contributed by atoms with Gasteiger partial charge in [0, 0.05) is 23.3 Å². The summed E-state index contributed by atoms with van der Waals surface area (Å²) in [5.74, 6) is -0.453. The van der Waals surface area contributed by atoms with Gasteiger partial charge in [-0.15, -0.1) is 0 Å². The van der Waals surface area contributed by atoms with E-state index >= 15 is 0 Å². The highest BCUT2D eigenvalue weighted by Gasteiger charge is 2.18. The average molecular weight is 331 g/mol. The molecule has 2 amide bonds. The van der Waals surface area contributed by atoms with Crippen LogP contribution in [0.3, 0.4) is 0 Å². The lowest BCUT2D eigenvalue weighted by atomic mass is 10.1. The third-order valence-electron chi connectivity index (χ3n) is 3.63. The first-order valence-corrected chi connectivity index (χ1v) is 7.66. The van der Waals surface area contributed by atoms with E-state index in [4.69, 9.17) is 11.6 Å². The molecular weight excluding hydrogens is 312 g/mol. The molecular formula is C18H19ClN2O2. The largest absolute Gasteiger partial charge is 0.324 e. The number of para-hydroxylation sites is 1. The number of halogens is 1. The van der Waals surface area contributed by atoms with Crippen molar-refractivity contribution in [2.75, 3.05) is 16.8 Å². The van der Waals surface area contributed by atoms with Crippen molar-refractivity contribution >= 4 is 34.8 Å². The summed E-state index contributed by atoms with van der Waals surface area (Å²) in [7, 11) is 0. The molecule has 0 aromatic heterocycles. The molecule has 2 aromatic rings. The maximum atomic E-state index is 12.3. The van der Waals surface area contributed by atoms with Crippen LogP contribution in [0.4, 0.5) is 11.4 Å². The molecule has 0 spiro atoms. The fraction of sp³-hybridized carbons (Fsp3) is 0.222. The predicted octanol–water partition coefficient (Wildman–Crippen LogP) is 3.95. The van der Waals surface area contributed by atoms with Gasteiger partial charge in [-0.3, -0.25) is 9.59 Å². The molecule has 0 saturated heterocycles. The van der Waals surface area contributed by atoms with Crippen molar-refractivity contribution in [2.45, 2.75) is 20.8 Å². The lowest BCUT2D eigenvalue weighted by Crippen LogP contribution is -2.37. The fourth-order valence-corrected chi connectivity index (χ4v) is 2.48. The number of nitrogens with zero attached hydrogens (tertiary/aromatic N) is 1. The molecule has 23 heavy (non-hydrogen) atoms. The zero-order chi connectivity index (χ0) is 17.0. The predicted molar refractivity (Wildman–Crippen MR) is 94.0 cm³/mol. The molecule has 0 aliphatic heterocycles. The molecule has 0 atom stereocenters. The van der Waals surface area contributed by atoms with Crippen molar-refractivity contribution in [2.24, 2.45) is 0 Å². The summed E-state index contributed by atoms with van der Waals surface area (Å²) in [6, 6.07) is 12.8.